The minimum Gasteiger partial charge on any atom is -0.475 e. The van der Waals surface area contributed by atoms with E-state index in [0.717, 1.165) is 6.26 Å². The van der Waals surface area contributed by atoms with Crippen molar-refractivity contribution in [1.82, 2.24) is 5.16 Å². The van der Waals surface area contributed by atoms with Crippen molar-refractivity contribution in [2.45, 2.75) is 4.90 Å². The number of carbonyl (C=O) groups is 1. The van der Waals surface area contributed by atoms with Gasteiger partial charge in [-0.15, -0.1) is 0 Å². The number of carboxylic acid groups (broad SMARTS) is 1. The van der Waals surface area contributed by atoms with Crippen molar-refractivity contribution in [3.05, 3.63) is 34.5 Å². The largest absolute Gasteiger partial charge is 0.475 e. The first-order valence-electron chi connectivity index (χ1n) is 4.99. The number of sulfone groups is 1. The summed E-state index contributed by atoms with van der Waals surface area (Å²) in [5, 5.41) is 12.4. The van der Waals surface area contributed by atoms with Crippen LogP contribution in [-0.2, 0) is 9.84 Å². The molecule has 6 nitrogen and oxygen atoms in total. The lowest BCUT2D eigenvalue weighted by Crippen LogP contribution is -2.00. The van der Waals surface area contributed by atoms with Gasteiger partial charge in [-0.3, -0.25) is 0 Å². The van der Waals surface area contributed by atoms with Crippen molar-refractivity contribution >= 4 is 31.7 Å². The minimum absolute atomic E-state index is 0.0483. The summed E-state index contributed by atoms with van der Waals surface area (Å²) in [4.78, 5) is 10.8. The van der Waals surface area contributed by atoms with Gasteiger partial charge in [0.15, 0.2) is 9.84 Å². The Morgan fingerprint density at radius 2 is 2.11 bits per heavy atom. The van der Waals surface area contributed by atoms with Crippen molar-refractivity contribution in [3.63, 3.8) is 0 Å². The summed E-state index contributed by atoms with van der Waals surface area (Å²) in [6, 6.07) is 5.81. The predicted molar refractivity (Wildman–Crippen MR) is 69.7 cm³/mol. The highest BCUT2D eigenvalue weighted by atomic mass is 79.9. The molecule has 1 aromatic carbocycles. The van der Waals surface area contributed by atoms with E-state index in [-0.39, 0.29) is 21.9 Å². The molecule has 0 amide bonds. The number of aromatic carboxylic acids is 1. The third-order valence-electron chi connectivity index (χ3n) is 2.35. The molecule has 0 saturated heterocycles. The smallest absolute Gasteiger partial charge is 0.374 e. The van der Waals surface area contributed by atoms with Crippen molar-refractivity contribution < 1.29 is 22.8 Å². The van der Waals surface area contributed by atoms with Crippen molar-refractivity contribution in [1.29, 1.82) is 0 Å². The molecule has 1 aromatic heterocycles. The Morgan fingerprint density at radius 3 is 2.63 bits per heavy atom. The van der Waals surface area contributed by atoms with Gasteiger partial charge in [0.1, 0.15) is 5.69 Å². The first-order valence-corrected chi connectivity index (χ1v) is 7.68. The third kappa shape index (κ3) is 2.69. The van der Waals surface area contributed by atoms with Crippen molar-refractivity contribution in [3.8, 4) is 11.3 Å². The van der Waals surface area contributed by atoms with Crippen LogP contribution in [-0.4, -0.2) is 30.9 Å². The van der Waals surface area contributed by atoms with Crippen LogP contribution < -0.4 is 0 Å². The van der Waals surface area contributed by atoms with E-state index in [1.165, 1.54) is 12.1 Å². The van der Waals surface area contributed by atoms with Crippen LogP contribution in [0.2, 0.25) is 0 Å². The number of hydrogen-bond donors (Lipinski definition) is 1. The molecule has 1 N–H and O–H groups in total. The molecule has 19 heavy (non-hydrogen) atoms. The lowest BCUT2D eigenvalue weighted by Gasteiger charge is -2.06. The summed E-state index contributed by atoms with van der Waals surface area (Å²) in [6.07, 6.45) is 1.07. The van der Waals surface area contributed by atoms with E-state index in [9.17, 15) is 13.2 Å². The Balaban J connectivity index is 2.70. The molecule has 2 aromatic rings. The molecule has 0 saturated carbocycles. The molecule has 0 aliphatic rings. The molecule has 8 heteroatoms. The van der Waals surface area contributed by atoms with Crippen LogP contribution in [0.1, 0.15) is 10.6 Å². The normalized spacial score (nSPS) is 11.5. The second-order valence-corrected chi connectivity index (χ2v) is 6.61. The van der Waals surface area contributed by atoms with Gasteiger partial charge >= 0.3 is 5.97 Å². The van der Waals surface area contributed by atoms with Gasteiger partial charge in [-0.25, -0.2) is 13.2 Å². The molecular weight excluding hydrogens is 338 g/mol. The fraction of sp³-hybridized carbons (Fsp3) is 0.0909. The number of carboxylic acids is 1. The lowest BCUT2D eigenvalue weighted by atomic mass is 10.1. The molecule has 0 fully saturated rings. The van der Waals surface area contributed by atoms with Gasteiger partial charge in [0.05, 0.1) is 4.90 Å². The zero-order valence-corrected chi connectivity index (χ0v) is 12.0. The second kappa shape index (κ2) is 4.78. The number of benzene rings is 1. The molecular formula is C11H8BrNO5S. The van der Waals surface area contributed by atoms with Crippen LogP contribution in [0.4, 0.5) is 0 Å². The fourth-order valence-corrected chi connectivity index (χ4v) is 3.17. The fourth-order valence-electron chi connectivity index (χ4n) is 1.56. The standard InChI is InChI=1S/C11H8BrNO5S/c1-19(16,17)9-4-2-3-6(12)10(9)7-5-8(11(14)15)18-13-7/h2-5H,1H3,(H,14,15). The SMILES string of the molecule is CS(=O)(=O)c1cccc(Br)c1-c1cc(C(=O)O)on1. The third-order valence-corrected chi connectivity index (χ3v) is 4.15. The monoisotopic (exact) mass is 345 g/mol. The zero-order chi connectivity index (χ0) is 14.2. The molecule has 2 rings (SSSR count). The van der Waals surface area contributed by atoms with Gasteiger partial charge in [0.25, 0.3) is 0 Å². The summed E-state index contributed by atoms with van der Waals surface area (Å²) >= 11 is 3.23. The van der Waals surface area contributed by atoms with Crippen molar-refractivity contribution in [2.75, 3.05) is 6.26 Å². The highest BCUT2D eigenvalue weighted by Crippen LogP contribution is 2.33. The maximum Gasteiger partial charge on any atom is 0.374 e. The average molecular weight is 346 g/mol. The summed E-state index contributed by atoms with van der Waals surface area (Å²) in [6.45, 7) is 0. The average Bonchev–Trinajstić information content (AvgIpc) is 2.76. The number of rotatable bonds is 3. The Labute approximate surface area is 117 Å². The maximum atomic E-state index is 11.7. The number of nitrogens with zero attached hydrogens (tertiary/aromatic N) is 1. The molecule has 0 aliphatic heterocycles. The molecule has 0 aliphatic carbocycles. The number of hydrogen-bond acceptors (Lipinski definition) is 5. The van der Waals surface area contributed by atoms with Gasteiger partial charge < -0.3 is 9.63 Å². The van der Waals surface area contributed by atoms with Crippen molar-refractivity contribution in [2.24, 2.45) is 0 Å². The van der Waals surface area contributed by atoms with Gasteiger partial charge in [0.2, 0.25) is 5.76 Å². The highest BCUT2D eigenvalue weighted by molar-refractivity contribution is 9.10. The maximum absolute atomic E-state index is 11.7. The molecule has 1 heterocycles. The highest BCUT2D eigenvalue weighted by Gasteiger charge is 2.21. The Hall–Kier alpha value is -1.67. The molecule has 0 bridgehead atoms. The Morgan fingerprint density at radius 1 is 1.42 bits per heavy atom. The Bertz CT molecular complexity index is 750. The van der Waals surface area contributed by atoms with Crippen LogP contribution in [0.5, 0.6) is 0 Å². The Kier molecular flexibility index (Phi) is 3.46. The molecule has 100 valence electrons. The summed E-state index contributed by atoms with van der Waals surface area (Å²) in [5.41, 5.74) is 0.423. The molecule has 0 unspecified atom stereocenters. The van der Waals surface area contributed by atoms with Gasteiger partial charge in [-0.05, 0) is 12.1 Å². The number of aromatic nitrogens is 1. The van der Waals surface area contributed by atoms with Gasteiger partial charge in [0, 0.05) is 22.4 Å². The van der Waals surface area contributed by atoms with Gasteiger partial charge in [-0.2, -0.15) is 0 Å². The topological polar surface area (TPSA) is 97.5 Å². The predicted octanol–water partition coefficient (Wildman–Crippen LogP) is 2.21. The minimum atomic E-state index is -3.47. The molecule has 0 atom stereocenters. The van der Waals surface area contributed by atoms with E-state index in [1.54, 1.807) is 12.1 Å². The quantitative estimate of drug-likeness (QED) is 0.915. The van der Waals surface area contributed by atoms with Crippen LogP contribution in [0.25, 0.3) is 11.3 Å². The van der Waals surface area contributed by atoms with Crippen LogP contribution in [0.15, 0.2) is 38.2 Å². The summed E-state index contributed by atoms with van der Waals surface area (Å²) < 4.78 is 28.6. The van der Waals surface area contributed by atoms with E-state index in [4.69, 9.17) is 5.11 Å². The van der Waals surface area contributed by atoms with Crippen LogP contribution in [0, 0.1) is 0 Å². The van der Waals surface area contributed by atoms with E-state index >= 15 is 0 Å². The van der Waals surface area contributed by atoms with E-state index in [0.29, 0.717) is 4.47 Å². The molecule has 0 radical (unpaired) electrons. The summed E-state index contributed by atoms with van der Waals surface area (Å²) in [5.74, 6) is -1.63. The second-order valence-electron chi connectivity index (χ2n) is 3.77. The van der Waals surface area contributed by atoms with Crippen LogP contribution >= 0.6 is 15.9 Å². The van der Waals surface area contributed by atoms with E-state index in [2.05, 4.69) is 25.6 Å². The zero-order valence-electron chi connectivity index (χ0n) is 9.62. The summed E-state index contributed by atoms with van der Waals surface area (Å²) in [7, 11) is -3.47. The molecule has 0 spiro atoms. The van der Waals surface area contributed by atoms with E-state index in [1.807, 2.05) is 0 Å². The van der Waals surface area contributed by atoms with Crippen LogP contribution in [0.3, 0.4) is 0 Å². The van der Waals surface area contributed by atoms with E-state index < -0.39 is 15.8 Å². The number of halogens is 1. The lowest BCUT2D eigenvalue weighted by molar-refractivity contribution is 0.0652. The first-order chi connectivity index (χ1) is 8.80. The van der Waals surface area contributed by atoms with Gasteiger partial charge in [-0.1, -0.05) is 27.2 Å². The first kappa shape index (κ1) is 13.8.